The lowest BCUT2D eigenvalue weighted by atomic mass is 10.2. The van der Waals surface area contributed by atoms with E-state index in [1.807, 2.05) is 10.9 Å². The highest BCUT2D eigenvalue weighted by Gasteiger charge is 2.12. The fourth-order valence-corrected chi connectivity index (χ4v) is 2.67. The molecule has 0 radical (unpaired) electrons. The van der Waals surface area contributed by atoms with Crippen LogP contribution in [0.2, 0.25) is 20.1 Å². The maximum Gasteiger partial charge on any atom is 0.331 e. The summed E-state index contributed by atoms with van der Waals surface area (Å²) in [5.74, 6) is -2.07. The molecule has 0 saturated heterocycles. The molecule has 0 unspecified atom stereocenters. The van der Waals surface area contributed by atoms with E-state index in [4.69, 9.17) is 46.4 Å². The first kappa shape index (κ1) is 20.2. The number of benzene rings is 2. The zero-order valence-electron chi connectivity index (χ0n) is 12.8. The van der Waals surface area contributed by atoms with Crippen molar-refractivity contribution >= 4 is 70.6 Å². The number of hydrogen-bond donors (Lipinski definition) is 2. The Hall–Kier alpha value is -2.12. The predicted molar refractivity (Wildman–Crippen MR) is 104 cm³/mol. The van der Waals surface area contributed by atoms with E-state index in [-0.39, 0.29) is 0 Å². The van der Waals surface area contributed by atoms with Gasteiger partial charge in [-0.15, -0.1) is 0 Å². The van der Waals surface area contributed by atoms with Gasteiger partial charge in [-0.1, -0.05) is 58.5 Å². The van der Waals surface area contributed by atoms with E-state index < -0.39 is 11.8 Å². The number of carbonyl (C=O) groups is 2. The third kappa shape index (κ3) is 5.44. The maximum atomic E-state index is 11.7. The van der Waals surface area contributed by atoms with E-state index in [9.17, 15) is 9.59 Å². The van der Waals surface area contributed by atoms with Gasteiger partial charge in [-0.3, -0.25) is 9.59 Å². The van der Waals surface area contributed by atoms with E-state index >= 15 is 0 Å². The van der Waals surface area contributed by atoms with Gasteiger partial charge in [0.25, 0.3) is 0 Å². The van der Waals surface area contributed by atoms with Gasteiger partial charge in [0, 0.05) is 11.1 Å². The zero-order valence-corrected chi connectivity index (χ0v) is 15.9. The average Bonchev–Trinajstić information content (AvgIpc) is 2.59. The first-order valence-electron chi connectivity index (χ1n) is 6.94. The molecule has 2 N–H and O–H groups in total. The van der Waals surface area contributed by atoms with Crippen molar-refractivity contribution in [2.75, 3.05) is 0 Å². The van der Waals surface area contributed by atoms with Crippen LogP contribution in [0.15, 0.2) is 46.6 Å². The van der Waals surface area contributed by atoms with Gasteiger partial charge < -0.3 is 0 Å². The van der Waals surface area contributed by atoms with E-state index in [2.05, 4.69) is 10.2 Å². The molecule has 0 atom stereocenters. The topological polar surface area (TPSA) is 82.9 Å². The Kier molecular flexibility index (Phi) is 7.41. The fourth-order valence-electron chi connectivity index (χ4n) is 1.68. The van der Waals surface area contributed by atoms with Gasteiger partial charge in [-0.25, -0.2) is 10.9 Å². The van der Waals surface area contributed by atoms with Crippen LogP contribution in [0.1, 0.15) is 11.1 Å². The molecular weight excluding hydrogens is 422 g/mol. The Morgan fingerprint density at radius 1 is 0.692 bits per heavy atom. The first-order valence-corrected chi connectivity index (χ1v) is 8.46. The third-order valence-electron chi connectivity index (χ3n) is 2.93. The van der Waals surface area contributed by atoms with Gasteiger partial charge in [0.1, 0.15) is 0 Å². The Morgan fingerprint density at radius 3 is 1.31 bits per heavy atom. The quantitative estimate of drug-likeness (QED) is 0.437. The summed E-state index contributed by atoms with van der Waals surface area (Å²) < 4.78 is 0. The number of hydrazone groups is 2. The van der Waals surface area contributed by atoms with Crippen molar-refractivity contribution in [2.45, 2.75) is 0 Å². The number of amides is 2. The maximum absolute atomic E-state index is 11.7. The third-order valence-corrected chi connectivity index (χ3v) is 4.24. The van der Waals surface area contributed by atoms with Crippen LogP contribution in [0.4, 0.5) is 0 Å². The average molecular weight is 432 g/mol. The summed E-state index contributed by atoms with van der Waals surface area (Å²) >= 11 is 23.8. The Bertz CT molecular complexity index is 786. The van der Waals surface area contributed by atoms with Crippen LogP contribution in [-0.4, -0.2) is 24.2 Å². The molecule has 0 aliphatic heterocycles. The molecular formula is C16H10Cl4N4O2. The normalized spacial score (nSPS) is 11.1. The molecule has 0 spiro atoms. The van der Waals surface area contributed by atoms with Crippen molar-refractivity contribution in [3.05, 3.63) is 67.6 Å². The van der Waals surface area contributed by atoms with Gasteiger partial charge in [0.2, 0.25) is 0 Å². The highest BCUT2D eigenvalue weighted by Crippen LogP contribution is 2.22. The SMILES string of the molecule is O=C(NN=Cc1c(Cl)cccc1Cl)C(=O)NN=Cc1c(Cl)cccc1Cl. The minimum absolute atomic E-state index is 0.348. The van der Waals surface area contributed by atoms with Crippen LogP contribution in [0.5, 0.6) is 0 Å². The monoisotopic (exact) mass is 430 g/mol. The number of halogens is 4. The van der Waals surface area contributed by atoms with E-state index in [0.717, 1.165) is 0 Å². The van der Waals surface area contributed by atoms with Crippen LogP contribution in [0.3, 0.4) is 0 Å². The molecule has 2 aromatic rings. The summed E-state index contributed by atoms with van der Waals surface area (Å²) in [6, 6.07) is 9.76. The number of hydrogen-bond acceptors (Lipinski definition) is 4. The lowest BCUT2D eigenvalue weighted by molar-refractivity contribution is -0.139. The highest BCUT2D eigenvalue weighted by molar-refractivity contribution is 6.39. The Labute approximate surface area is 168 Å². The van der Waals surface area contributed by atoms with Crippen molar-refractivity contribution in [3.63, 3.8) is 0 Å². The van der Waals surface area contributed by atoms with Gasteiger partial charge in [0.05, 0.1) is 32.5 Å². The minimum Gasteiger partial charge on any atom is -0.262 e. The van der Waals surface area contributed by atoms with Crippen molar-refractivity contribution in [2.24, 2.45) is 10.2 Å². The number of carbonyl (C=O) groups excluding carboxylic acids is 2. The summed E-state index contributed by atoms with van der Waals surface area (Å²) in [4.78, 5) is 23.3. The molecule has 0 bridgehead atoms. The van der Waals surface area contributed by atoms with E-state index in [0.29, 0.717) is 31.2 Å². The molecule has 2 rings (SSSR count). The summed E-state index contributed by atoms with van der Waals surface area (Å²) in [5.41, 5.74) is 4.87. The van der Waals surface area contributed by atoms with Crippen LogP contribution in [-0.2, 0) is 9.59 Å². The standard InChI is InChI=1S/C16H10Cl4N4O2/c17-11-3-1-4-12(18)9(11)7-21-23-15(25)16(26)24-22-8-10-13(19)5-2-6-14(10)20/h1-8H,(H,23,25)(H,24,26). The summed E-state index contributed by atoms with van der Waals surface area (Å²) in [5, 5.41) is 8.65. The second-order valence-corrected chi connectivity index (χ2v) is 6.30. The van der Waals surface area contributed by atoms with Crippen molar-refractivity contribution in [3.8, 4) is 0 Å². The number of rotatable bonds is 4. The second-order valence-electron chi connectivity index (χ2n) is 4.67. The van der Waals surface area contributed by atoms with Crippen LogP contribution >= 0.6 is 46.4 Å². The lowest BCUT2D eigenvalue weighted by Crippen LogP contribution is -2.35. The van der Waals surface area contributed by atoms with Crippen molar-refractivity contribution in [1.29, 1.82) is 0 Å². The molecule has 6 nitrogen and oxygen atoms in total. The Balaban J connectivity index is 1.93. The first-order chi connectivity index (χ1) is 12.4. The van der Waals surface area contributed by atoms with E-state index in [1.54, 1.807) is 36.4 Å². The molecule has 0 aliphatic carbocycles. The molecule has 0 aromatic heterocycles. The second kappa shape index (κ2) is 9.54. The zero-order chi connectivity index (χ0) is 19.1. The fraction of sp³-hybridized carbons (Fsp3) is 0. The molecule has 2 amide bonds. The smallest absolute Gasteiger partial charge is 0.262 e. The molecule has 0 fully saturated rings. The molecule has 26 heavy (non-hydrogen) atoms. The predicted octanol–water partition coefficient (Wildman–Crippen LogP) is 3.90. The number of nitrogens with zero attached hydrogens (tertiary/aromatic N) is 2. The van der Waals surface area contributed by atoms with E-state index in [1.165, 1.54) is 12.4 Å². The van der Waals surface area contributed by atoms with Crippen LogP contribution in [0.25, 0.3) is 0 Å². The summed E-state index contributed by atoms with van der Waals surface area (Å²) in [6.45, 7) is 0. The summed E-state index contributed by atoms with van der Waals surface area (Å²) in [7, 11) is 0. The lowest BCUT2D eigenvalue weighted by Gasteiger charge is -2.02. The molecule has 0 heterocycles. The van der Waals surface area contributed by atoms with Crippen LogP contribution < -0.4 is 10.9 Å². The molecule has 0 saturated carbocycles. The highest BCUT2D eigenvalue weighted by atomic mass is 35.5. The van der Waals surface area contributed by atoms with Gasteiger partial charge >= 0.3 is 11.8 Å². The molecule has 0 aliphatic rings. The molecule has 134 valence electrons. The molecule has 2 aromatic carbocycles. The van der Waals surface area contributed by atoms with Gasteiger partial charge in [-0.2, -0.15) is 10.2 Å². The Morgan fingerprint density at radius 2 is 1.00 bits per heavy atom. The molecule has 10 heteroatoms. The minimum atomic E-state index is -1.04. The number of nitrogens with one attached hydrogen (secondary N) is 2. The van der Waals surface area contributed by atoms with Crippen molar-refractivity contribution in [1.82, 2.24) is 10.9 Å². The van der Waals surface area contributed by atoms with Gasteiger partial charge in [-0.05, 0) is 24.3 Å². The largest absolute Gasteiger partial charge is 0.331 e. The van der Waals surface area contributed by atoms with Gasteiger partial charge in [0.15, 0.2) is 0 Å². The summed E-state index contributed by atoms with van der Waals surface area (Å²) in [6.07, 6.45) is 2.45. The van der Waals surface area contributed by atoms with Crippen LogP contribution in [0, 0.1) is 0 Å². The van der Waals surface area contributed by atoms with Crippen molar-refractivity contribution < 1.29 is 9.59 Å².